The number of amides is 2. The van der Waals surface area contributed by atoms with E-state index in [1.807, 2.05) is 30.0 Å². The minimum Gasteiger partial charge on any atom is -0.341 e. The Morgan fingerprint density at radius 2 is 2.14 bits per heavy atom. The molecule has 0 N–H and O–H groups in total. The SMILES string of the molecule is CC(=O)N(CC(=O)N1CCCC(C)C1)Cc1cccc(C)c1. The van der Waals surface area contributed by atoms with Crippen molar-refractivity contribution in [2.24, 2.45) is 5.92 Å². The summed E-state index contributed by atoms with van der Waals surface area (Å²) in [6, 6.07) is 8.07. The second kappa shape index (κ2) is 7.43. The van der Waals surface area contributed by atoms with Crippen LogP contribution in [0.4, 0.5) is 0 Å². The second-order valence-corrected chi connectivity index (χ2v) is 6.45. The predicted octanol–water partition coefficient (Wildman–Crippen LogP) is 2.60. The molecule has 4 heteroatoms. The van der Waals surface area contributed by atoms with Crippen LogP contribution in [0.1, 0.15) is 37.8 Å². The quantitative estimate of drug-likeness (QED) is 0.858. The lowest BCUT2D eigenvalue weighted by molar-refractivity contribution is -0.140. The van der Waals surface area contributed by atoms with Gasteiger partial charge < -0.3 is 9.80 Å². The maximum absolute atomic E-state index is 12.4. The van der Waals surface area contributed by atoms with Crippen LogP contribution in [-0.4, -0.2) is 41.2 Å². The van der Waals surface area contributed by atoms with Gasteiger partial charge in [-0.05, 0) is 31.2 Å². The Kier molecular flexibility index (Phi) is 5.58. The number of carbonyl (C=O) groups excluding carboxylic acids is 2. The molecule has 0 saturated carbocycles. The highest BCUT2D eigenvalue weighted by atomic mass is 16.2. The van der Waals surface area contributed by atoms with Gasteiger partial charge in [0.1, 0.15) is 6.54 Å². The first kappa shape index (κ1) is 16.5. The van der Waals surface area contributed by atoms with Gasteiger partial charge in [0.25, 0.3) is 0 Å². The Balaban J connectivity index is 1.99. The van der Waals surface area contributed by atoms with E-state index in [1.54, 1.807) is 4.90 Å². The van der Waals surface area contributed by atoms with Gasteiger partial charge in [0.2, 0.25) is 11.8 Å². The molecule has 0 spiro atoms. The minimum absolute atomic E-state index is 0.0556. The highest BCUT2D eigenvalue weighted by Gasteiger charge is 2.23. The molecule has 1 fully saturated rings. The number of hydrogen-bond donors (Lipinski definition) is 0. The summed E-state index contributed by atoms with van der Waals surface area (Å²) in [5.41, 5.74) is 2.23. The normalized spacial score (nSPS) is 18.1. The van der Waals surface area contributed by atoms with Crippen LogP contribution in [0.15, 0.2) is 24.3 Å². The lowest BCUT2D eigenvalue weighted by atomic mass is 10.0. The first-order valence-electron chi connectivity index (χ1n) is 8.04. The molecule has 0 aliphatic carbocycles. The smallest absolute Gasteiger partial charge is 0.242 e. The van der Waals surface area contributed by atoms with Crippen LogP contribution in [0.25, 0.3) is 0 Å². The highest BCUT2D eigenvalue weighted by Crippen LogP contribution is 2.16. The highest BCUT2D eigenvalue weighted by molar-refractivity contribution is 5.83. The van der Waals surface area contributed by atoms with E-state index in [2.05, 4.69) is 13.0 Å². The Morgan fingerprint density at radius 1 is 1.36 bits per heavy atom. The van der Waals surface area contributed by atoms with Gasteiger partial charge in [-0.15, -0.1) is 0 Å². The molecule has 2 amide bonds. The third-order valence-electron chi connectivity index (χ3n) is 4.24. The summed E-state index contributed by atoms with van der Waals surface area (Å²) in [4.78, 5) is 27.9. The van der Waals surface area contributed by atoms with Crippen LogP contribution in [0.3, 0.4) is 0 Å². The number of likely N-dealkylation sites (tertiary alicyclic amines) is 1. The molecule has 1 unspecified atom stereocenters. The third-order valence-corrected chi connectivity index (χ3v) is 4.24. The van der Waals surface area contributed by atoms with Crippen molar-refractivity contribution in [1.29, 1.82) is 0 Å². The molecule has 0 bridgehead atoms. The van der Waals surface area contributed by atoms with Gasteiger partial charge in [0.05, 0.1) is 0 Å². The molecule has 1 aromatic carbocycles. The molecule has 1 aromatic rings. The maximum Gasteiger partial charge on any atom is 0.242 e. The van der Waals surface area contributed by atoms with E-state index in [9.17, 15) is 9.59 Å². The monoisotopic (exact) mass is 302 g/mol. The Morgan fingerprint density at radius 3 is 2.77 bits per heavy atom. The molecule has 2 rings (SSSR count). The minimum atomic E-state index is -0.0556. The zero-order chi connectivity index (χ0) is 16.1. The molecule has 0 aromatic heterocycles. The van der Waals surface area contributed by atoms with E-state index in [4.69, 9.17) is 0 Å². The Bertz CT molecular complexity index is 542. The van der Waals surface area contributed by atoms with Crippen LogP contribution in [-0.2, 0) is 16.1 Å². The van der Waals surface area contributed by atoms with E-state index >= 15 is 0 Å². The van der Waals surface area contributed by atoms with E-state index < -0.39 is 0 Å². The summed E-state index contributed by atoms with van der Waals surface area (Å²) in [7, 11) is 0. The van der Waals surface area contributed by atoms with Crippen LogP contribution in [0.2, 0.25) is 0 Å². The standard InChI is InChI=1S/C18H26N2O2/c1-14-6-4-8-17(10-14)12-20(16(3)21)13-18(22)19-9-5-7-15(2)11-19/h4,6,8,10,15H,5,7,9,11-13H2,1-3H3. The van der Waals surface area contributed by atoms with Crippen molar-refractivity contribution >= 4 is 11.8 Å². The van der Waals surface area contributed by atoms with Crippen LogP contribution < -0.4 is 0 Å². The van der Waals surface area contributed by atoms with Gasteiger partial charge in [0.15, 0.2) is 0 Å². The molecule has 1 aliphatic heterocycles. The summed E-state index contributed by atoms with van der Waals surface area (Å²) in [5, 5.41) is 0. The summed E-state index contributed by atoms with van der Waals surface area (Å²) < 4.78 is 0. The average Bonchev–Trinajstić information content (AvgIpc) is 2.46. The van der Waals surface area contributed by atoms with Gasteiger partial charge in [0, 0.05) is 26.6 Å². The summed E-state index contributed by atoms with van der Waals surface area (Å²) in [6.07, 6.45) is 2.24. The van der Waals surface area contributed by atoms with E-state index in [0.717, 1.165) is 30.6 Å². The molecule has 22 heavy (non-hydrogen) atoms. The molecule has 120 valence electrons. The molecule has 4 nitrogen and oxygen atoms in total. The molecule has 1 heterocycles. The summed E-state index contributed by atoms with van der Waals surface area (Å²) in [5.74, 6) is 0.564. The van der Waals surface area contributed by atoms with Gasteiger partial charge in [-0.1, -0.05) is 36.8 Å². The third kappa shape index (κ3) is 4.58. The van der Waals surface area contributed by atoms with Crippen molar-refractivity contribution < 1.29 is 9.59 Å². The zero-order valence-electron chi connectivity index (χ0n) is 13.8. The topological polar surface area (TPSA) is 40.6 Å². The largest absolute Gasteiger partial charge is 0.341 e. The van der Waals surface area contributed by atoms with Gasteiger partial charge in [-0.25, -0.2) is 0 Å². The van der Waals surface area contributed by atoms with Gasteiger partial charge in [-0.3, -0.25) is 9.59 Å². The van der Waals surface area contributed by atoms with Crippen LogP contribution in [0, 0.1) is 12.8 Å². The van der Waals surface area contributed by atoms with E-state index in [-0.39, 0.29) is 18.4 Å². The number of rotatable bonds is 4. The average molecular weight is 302 g/mol. The van der Waals surface area contributed by atoms with Crippen molar-refractivity contribution in [2.75, 3.05) is 19.6 Å². The van der Waals surface area contributed by atoms with Crippen molar-refractivity contribution in [2.45, 2.75) is 40.2 Å². The first-order valence-corrected chi connectivity index (χ1v) is 8.04. The molecular formula is C18H26N2O2. The number of benzene rings is 1. The molecular weight excluding hydrogens is 276 g/mol. The summed E-state index contributed by atoms with van der Waals surface area (Å²) in [6.45, 7) is 8.04. The van der Waals surface area contributed by atoms with E-state index in [1.165, 1.54) is 13.3 Å². The fourth-order valence-corrected chi connectivity index (χ4v) is 2.99. The molecule has 1 saturated heterocycles. The van der Waals surface area contributed by atoms with E-state index in [0.29, 0.717) is 12.5 Å². The number of nitrogens with zero attached hydrogens (tertiary/aromatic N) is 2. The van der Waals surface area contributed by atoms with Crippen LogP contribution in [0.5, 0.6) is 0 Å². The van der Waals surface area contributed by atoms with Gasteiger partial charge in [-0.2, -0.15) is 0 Å². The van der Waals surface area contributed by atoms with Crippen LogP contribution >= 0.6 is 0 Å². The van der Waals surface area contributed by atoms with Crippen molar-refractivity contribution in [3.8, 4) is 0 Å². The summed E-state index contributed by atoms with van der Waals surface area (Å²) >= 11 is 0. The first-order chi connectivity index (χ1) is 10.5. The predicted molar refractivity (Wildman–Crippen MR) is 87.2 cm³/mol. The van der Waals surface area contributed by atoms with Crippen molar-refractivity contribution in [1.82, 2.24) is 9.80 Å². The number of hydrogen-bond acceptors (Lipinski definition) is 2. The Hall–Kier alpha value is -1.84. The van der Waals surface area contributed by atoms with Crippen molar-refractivity contribution in [3.63, 3.8) is 0 Å². The lowest BCUT2D eigenvalue weighted by Gasteiger charge is -2.32. The molecule has 1 atom stereocenters. The Labute approximate surface area is 133 Å². The lowest BCUT2D eigenvalue weighted by Crippen LogP contribution is -2.45. The molecule has 1 aliphatic rings. The fourth-order valence-electron chi connectivity index (χ4n) is 2.99. The number of carbonyl (C=O) groups is 2. The number of aryl methyl sites for hydroxylation is 1. The second-order valence-electron chi connectivity index (χ2n) is 6.45. The fraction of sp³-hybridized carbons (Fsp3) is 0.556. The molecule has 0 radical (unpaired) electrons. The van der Waals surface area contributed by atoms with Crippen molar-refractivity contribution in [3.05, 3.63) is 35.4 Å². The zero-order valence-corrected chi connectivity index (χ0v) is 13.8. The maximum atomic E-state index is 12.4. The number of piperidine rings is 1. The van der Waals surface area contributed by atoms with Gasteiger partial charge >= 0.3 is 0 Å².